The van der Waals surface area contributed by atoms with Crippen LogP contribution in [-0.4, -0.2) is 37.4 Å². The van der Waals surface area contributed by atoms with Gasteiger partial charge in [-0.15, -0.1) is 0 Å². The maximum absolute atomic E-state index is 13.4. The van der Waals surface area contributed by atoms with Crippen LogP contribution in [0.4, 0.5) is 8.78 Å². The summed E-state index contributed by atoms with van der Waals surface area (Å²) in [4.78, 5) is 2.38. The molecule has 156 valence electrons. The lowest BCUT2D eigenvalue weighted by Crippen LogP contribution is -2.22. The molecule has 0 aromatic heterocycles. The van der Waals surface area contributed by atoms with E-state index >= 15 is 0 Å². The fraction of sp³-hybridized carbons (Fsp3) is 0.480. The van der Waals surface area contributed by atoms with Crippen LogP contribution in [-0.2, 0) is 12.8 Å². The van der Waals surface area contributed by atoms with E-state index in [2.05, 4.69) is 66.5 Å². The predicted molar refractivity (Wildman–Crippen MR) is 115 cm³/mol. The second kappa shape index (κ2) is 12.3. The number of alkyl halides is 2. The molecule has 0 heterocycles. The smallest absolute Gasteiger partial charge is 0.132 e. The Labute approximate surface area is 174 Å². The third kappa shape index (κ3) is 7.95. The van der Waals surface area contributed by atoms with Gasteiger partial charge in [-0.05, 0) is 68.3 Å². The Morgan fingerprint density at radius 1 is 0.897 bits per heavy atom. The van der Waals surface area contributed by atoms with E-state index in [4.69, 9.17) is 5.26 Å². The van der Waals surface area contributed by atoms with Crippen LogP contribution in [0.3, 0.4) is 0 Å². The summed E-state index contributed by atoms with van der Waals surface area (Å²) in [6.07, 6.45) is 1.32. The van der Waals surface area contributed by atoms with Crippen LogP contribution in [0.1, 0.15) is 48.8 Å². The van der Waals surface area contributed by atoms with Crippen LogP contribution >= 0.6 is 0 Å². The zero-order valence-corrected chi connectivity index (χ0v) is 17.5. The van der Waals surface area contributed by atoms with Crippen LogP contribution in [0.5, 0.6) is 0 Å². The predicted octanol–water partition coefficient (Wildman–Crippen LogP) is 5.88. The number of nitriles is 1. The first-order valence-corrected chi connectivity index (χ1v) is 10.4. The van der Waals surface area contributed by atoms with E-state index in [-0.39, 0.29) is 5.92 Å². The number of rotatable bonds is 8. The molecule has 1 aliphatic carbocycles. The summed E-state index contributed by atoms with van der Waals surface area (Å²) in [5.41, 5.74) is 3.77. The molecular formula is C25H32F2N2. The SMILES string of the molecule is CC#N.CN(CCCc1ccc(C2CC(F)C(F)C2)cc1)CCc1ccccc1. The van der Waals surface area contributed by atoms with Crippen LogP contribution in [0.2, 0.25) is 0 Å². The van der Waals surface area contributed by atoms with Crippen molar-refractivity contribution in [1.82, 2.24) is 4.90 Å². The summed E-state index contributed by atoms with van der Waals surface area (Å²) in [7, 11) is 2.17. The van der Waals surface area contributed by atoms with E-state index in [1.54, 1.807) is 6.07 Å². The van der Waals surface area contributed by atoms with E-state index in [1.165, 1.54) is 18.1 Å². The molecule has 1 fully saturated rings. The number of likely N-dealkylation sites (N-methyl/N-ethyl adjacent to an activating group) is 1. The van der Waals surface area contributed by atoms with Gasteiger partial charge in [0.05, 0.1) is 6.07 Å². The molecule has 0 bridgehead atoms. The normalized spacial score (nSPS) is 20.8. The Bertz CT molecular complexity index is 730. The van der Waals surface area contributed by atoms with Crippen LogP contribution in [0.15, 0.2) is 54.6 Å². The summed E-state index contributed by atoms with van der Waals surface area (Å²) in [6, 6.07) is 20.7. The maximum atomic E-state index is 13.4. The van der Waals surface area contributed by atoms with Gasteiger partial charge in [-0.3, -0.25) is 0 Å². The van der Waals surface area contributed by atoms with E-state index in [1.807, 2.05) is 0 Å². The molecule has 4 heteroatoms. The lowest BCUT2D eigenvalue weighted by atomic mass is 9.96. The van der Waals surface area contributed by atoms with Crippen molar-refractivity contribution in [2.45, 2.75) is 57.3 Å². The van der Waals surface area contributed by atoms with E-state index in [0.717, 1.165) is 37.9 Å². The molecule has 0 amide bonds. The second-order valence-corrected chi connectivity index (χ2v) is 7.81. The molecular weight excluding hydrogens is 366 g/mol. The molecule has 3 rings (SSSR count). The van der Waals surface area contributed by atoms with Gasteiger partial charge in [0.25, 0.3) is 0 Å². The van der Waals surface area contributed by atoms with Crippen molar-refractivity contribution in [2.24, 2.45) is 0 Å². The summed E-state index contributed by atoms with van der Waals surface area (Å²) in [6.45, 7) is 3.57. The molecule has 29 heavy (non-hydrogen) atoms. The molecule has 1 aliphatic rings. The lowest BCUT2D eigenvalue weighted by Gasteiger charge is -2.16. The summed E-state index contributed by atoms with van der Waals surface area (Å²) >= 11 is 0. The first-order valence-electron chi connectivity index (χ1n) is 10.4. The molecule has 0 saturated heterocycles. The van der Waals surface area contributed by atoms with Crippen LogP contribution in [0, 0.1) is 11.3 Å². The quantitative estimate of drug-likeness (QED) is 0.555. The third-order valence-corrected chi connectivity index (χ3v) is 5.49. The zero-order valence-electron chi connectivity index (χ0n) is 17.5. The van der Waals surface area contributed by atoms with Gasteiger partial charge in [0, 0.05) is 13.5 Å². The first kappa shape index (κ1) is 23.0. The molecule has 0 radical (unpaired) electrons. The molecule has 0 N–H and O–H groups in total. The highest BCUT2D eigenvalue weighted by atomic mass is 19.2. The van der Waals surface area contributed by atoms with Gasteiger partial charge in [0.1, 0.15) is 12.3 Å². The van der Waals surface area contributed by atoms with Crippen molar-refractivity contribution < 1.29 is 8.78 Å². The van der Waals surface area contributed by atoms with Crippen molar-refractivity contribution >= 4 is 0 Å². The van der Waals surface area contributed by atoms with Crippen molar-refractivity contribution in [1.29, 1.82) is 5.26 Å². The molecule has 2 nitrogen and oxygen atoms in total. The van der Waals surface area contributed by atoms with Gasteiger partial charge in [-0.1, -0.05) is 54.6 Å². The molecule has 2 atom stereocenters. The summed E-state index contributed by atoms with van der Waals surface area (Å²) in [5, 5.41) is 7.32. The highest BCUT2D eigenvalue weighted by Crippen LogP contribution is 2.37. The van der Waals surface area contributed by atoms with Gasteiger partial charge in [0.2, 0.25) is 0 Å². The van der Waals surface area contributed by atoms with Gasteiger partial charge in [-0.2, -0.15) is 5.26 Å². The minimum atomic E-state index is -1.29. The number of hydrogen-bond acceptors (Lipinski definition) is 2. The maximum Gasteiger partial charge on any atom is 0.132 e. The second-order valence-electron chi connectivity index (χ2n) is 7.81. The Kier molecular flexibility index (Phi) is 9.80. The Morgan fingerprint density at radius 2 is 1.45 bits per heavy atom. The molecule has 0 spiro atoms. The van der Waals surface area contributed by atoms with Crippen molar-refractivity contribution in [3.8, 4) is 6.07 Å². The third-order valence-electron chi connectivity index (χ3n) is 5.49. The number of hydrogen-bond donors (Lipinski definition) is 0. The number of benzene rings is 2. The highest BCUT2D eigenvalue weighted by Gasteiger charge is 2.35. The minimum Gasteiger partial charge on any atom is -0.306 e. The van der Waals surface area contributed by atoms with E-state index in [0.29, 0.717) is 12.8 Å². The molecule has 0 aliphatic heterocycles. The topological polar surface area (TPSA) is 27.0 Å². The molecule has 2 unspecified atom stereocenters. The van der Waals surface area contributed by atoms with Crippen molar-refractivity contribution in [2.75, 3.05) is 20.1 Å². The Morgan fingerprint density at radius 3 is 2.03 bits per heavy atom. The molecule has 2 aromatic carbocycles. The Balaban J connectivity index is 0.000000941. The highest BCUT2D eigenvalue weighted by molar-refractivity contribution is 5.27. The standard InChI is InChI=1S/C23H29F2N.C2H3N/c1-26(15-13-18-6-3-2-4-7-18)14-5-8-19-9-11-20(12-10-19)21-16-22(24)23(25)17-21;1-2-3/h2-4,6-7,9-12,21-23H,5,8,13-17H2,1H3;1H3. The largest absolute Gasteiger partial charge is 0.306 e. The fourth-order valence-electron chi connectivity index (χ4n) is 3.79. The zero-order chi connectivity index (χ0) is 21.1. The van der Waals surface area contributed by atoms with Gasteiger partial charge < -0.3 is 4.90 Å². The molecule has 2 aromatic rings. The minimum absolute atomic E-state index is 0.0400. The van der Waals surface area contributed by atoms with Crippen molar-refractivity contribution in [3.63, 3.8) is 0 Å². The van der Waals surface area contributed by atoms with Crippen molar-refractivity contribution in [3.05, 3.63) is 71.3 Å². The average Bonchev–Trinajstić information content (AvgIpc) is 3.07. The monoisotopic (exact) mass is 398 g/mol. The van der Waals surface area contributed by atoms with E-state index in [9.17, 15) is 8.78 Å². The summed E-state index contributed by atoms with van der Waals surface area (Å²) < 4.78 is 26.7. The number of halogens is 2. The van der Waals surface area contributed by atoms with Gasteiger partial charge in [0.15, 0.2) is 0 Å². The Hall–Kier alpha value is -2.25. The number of nitrogens with zero attached hydrogens (tertiary/aromatic N) is 2. The summed E-state index contributed by atoms with van der Waals surface area (Å²) in [5.74, 6) is 0.0400. The van der Waals surface area contributed by atoms with Gasteiger partial charge >= 0.3 is 0 Å². The fourth-order valence-corrected chi connectivity index (χ4v) is 3.79. The first-order chi connectivity index (χ1) is 14.0. The van der Waals surface area contributed by atoms with Crippen LogP contribution in [0.25, 0.3) is 0 Å². The lowest BCUT2D eigenvalue weighted by molar-refractivity contribution is 0.199. The van der Waals surface area contributed by atoms with Crippen LogP contribution < -0.4 is 0 Å². The molecule has 1 saturated carbocycles. The van der Waals surface area contributed by atoms with Gasteiger partial charge in [-0.25, -0.2) is 8.78 Å². The number of aryl methyl sites for hydroxylation is 1. The average molecular weight is 399 g/mol. The van der Waals surface area contributed by atoms with E-state index < -0.39 is 12.3 Å².